The summed E-state index contributed by atoms with van der Waals surface area (Å²) in [6.45, 7) is 3.42. The largest absolute Gasteiger partial charge is 0.497 e. The van der Waals surface area contributed by atoms with Crippen LogP contribution < -0.4 is 19.2 Å². The molecule has 1 amide bonds. The van der Waals surface area contributed by atoms with Crippen LogP contribution >= 0.6 is 15.9 Å². The first-order valence-corrected chi connectivity index (χ1v) is 14.5. The number of para-hydroxylation sites is 2. The lowest BCUT2D eigenvalue weighted by molar-refractivity contribution is -0.119. The molecule has 0 saturated carbocycles. The summed E-state index contributed by atoms with van der Waals surface area (Å²) in [4.78, 5) is 13.0. The third-order valence-electron chi connectivity index (χ3n) is 6.22. The van der Waals surface area contributed by atoms with Crippen LogP contribution in [0.1, 0.15) is 17.0 Å². The maximum Gasteiger partial charge on any atom is 0.264 e. The van der Waals surface area contributed by atoms with Crippen molar-refractivity contribution in [3.05, 3.63) is 100 Å². The summed E-state index contributed by atoms with van der Waals surface area (Å²) in [6, 6.07) is 22.4. The van der Waals surface area contributed by atoms with Gasteiger partial charge in [0, 0.05) is 27.1 Å². The lowest BCUT2D eigenvalue weighted by atomic mass is 10.2. The fourth-order valence-corrected chi connectivity index (χ4v) is 6.10. The number of nitrogens with one attached hydrogen (secondary N) is 1. The first-order valence-electron chi connectivity index (χ1n) is 12.2. The minimum atomic E-state index is -4.15. The Labute approximate surface area is 242 Å². The summed E-state index contributed by atoms with van der Waals surface area (Å²) in [5.41, 5.74) is 6.42. The highest BCUT2D eigenvalue weighted by Crippen LogP contribution is 2.32. The molecule has 0 saturated heterocycles. The quantitative estimate of drug-likeness (QED) is 0.192. The highest BCUT2D eigenvalue weighted by atomic mass is 79.9. The third kappa shape index (κ3) is 6.21. The van der Waals surface area contributed by atoms with E-state index in [1.165, 1.54) is 26.4 Å². The van der Waals surface area contributed by atoms with Crippen molar-refractivity contribution in [3.8, 4) is 17.2 Å². The van der Waals surface area contributed by atoms with Gasteiger partial charge in [0.05, 0.1) is 31.0 Å². The Morgan fingerprint density at radius 3 is 2.40 bits per heavy atom. The van der Waals surface area contributed by atoms with E-state index in [1.807, 2.05) is 44.2 Å². The Hall–Kier alpha value is -4.09. The molecule has 208 valence electrons. The molecule has 1 aromatic heterocycles. The summed E-state index contributed by atoms with van der Waals surface area (Å²) in [5, 5.41) is 4.12. The molecule has 0 fully saturated rings. The Bertz CT molecular complexity index is 1650. The van der Waals surface area contributed by atoms with Crippen LogP contribution in [0.25, 0.3) is 5.69 Å². The molecule has 9 nitrogen and oxygen atoms in total. The zero-order valence-electron chi connectivity index (χ0n) is 22.5. The zero-order valence-corrected chi connectivity index (χ0v) is 24.9. The number of hydrazone groups is 1. The number of anilines is 1. The monoisotopic (exact) mass is 624 g/mol. The van der Waals surface area contributed by atoms with E-state index in [-0.39, 0.29) is 10.6 Å². The van der Waals surface area contributed by atoms with Crippen molar-refractivity contribution in [2.24, 2.45) is 5.10 Å². The predicted octanol–water partition coefficient (Wildman–Crippen LogP) is 5.22. The van der Waals surface area contributed by atoms with E-state index in [0.29, 0.717) is 11.5 Å². The Kier molecular flexibility index (Phi) is 8.96. The minimum absolute atomic E-state index is 0.00417. The van der Waals surface area contributed by atoms with Crippen LogP contribution in [0.15, 0.2) is 93.3 Å². The Morgan fingerprint density at radius 1 is 1.00 bits per heavy atom. The minimum Gasteiger partial charge on any atom is -0.497 e. The number of benzene rings is 3. The van der Waals surface area contributed by atoms with Crippen LogP contribution in [0.2, 0.25) is 0 Å². The molecule has 0 radical (unpaired) electrons. The first-order chi connectivity index (χ1) is 19.1. The summed E-state index contributed by atoms with van der Waals surface area (Å²) >= 11 is 3.51. The van der Waals surface area contributed by atoms with E-state index >= 15 is 0 Å². The second-order valence-electron chi connectivity index (χ2n) is 8.79. The van der Waals surface area contributed by atoms with Crippen molar-refractivity contribution < 1.29 is 22.7 Å². The fourth-order valence-electron chi connectivity index (χ4n) is 4.28. The molecule has 0 aliphatic heterocycles. The smallest absolute Gasteiger partial charge is 0.264 e. The van der Waals surface area contributed by atoms with E-state index in [9.17, 15) is 13.2 Å². The summed E-state index contributed by atoms with van der Waals surface area (Å²) in [5.74, 6) is 0.185. The van der Waals surface area contributed by atoms with Crippen LogP contribution in [0.5, 0.6) is 11.5 Å². The van der Waals surface area contributed by atoms with Gasteiger partial charge in [-0.15, -0.1) is 0 Å². The van der Waals surface area contributed by atoms with Crippen molar-refractivity contribution in [2.45, 2.75) is 18.7 Å². The van der Waals surface area contributed by atoms with Crippen LogP contribution in [-0.4, -0.2) is 45.9 Å². The maximum atomic E-state index is 13.7. The molecular formula is C29H29BrN4O5S. The molecule has 3 aromatic carbocycles. The van der Waals surface area contributed by atoms with Crippen molar-refractivity contribution in [1.29, 1.82) is 0 Å². The number of carbonyl (C=O) groups is 1. The van der Waals surface area contributed by atoms with Crippen LogP contribution in [0.4, 0.5) is 5.69 Å². The topological polar surface area (TPSA) is 102 Å². The molecule has 0 atom stereocenters. The van der Waals surface area contributed by atoms with Gasteiger partial charge >= 0.3 is 0 Å². The highest BCUT2D eigenvalue weighted by Gasteiger charge is 2.29. The SMILES string of the molecule is COc1ccc(S(=O)(=O)N(CC(=O)N/N=C\c2cc(C)n(-c3cccc(Br)c3)c2C)c2ccccc2OC)cc1. The molecule has 4 aromatic rings. The number of sulfonamides is 1. The number of methoxy groups -OCH3 is 2. The maximum absolute atomic E-state index is 13.7. The van der Waals surface area contributed by atoms with Crippen LogP contribution in [0.3, 0.4) is 0 Å². The highest BCUT2D eigenvalue weighted by molar-refractivity contribution is 9.10. The number of rotatable bonds is 10. The Morgan fingerprint density at radius 2 is 1.73 bits per heavy atom. The van der Waals surface area contributed by atoms with Gasteiger partial charge in [0.25, 0.3) is 15.9 Å². The van der Waals surface area contributed by atoms with E-state index in [2.05, 4.69) is 31.0 Å². The number of carbonyl (C=O) groups excluding carboxylic acids is 1. The summed E-state index contributed by atoms with van der Waals surface area (Å²) < 4.78 is 41.9. The van der Waals surface area contributed by atoms with Crippen molar-refractivity contribution in [1.82, 2.24) is 9.99 Å². The van der Waals surface area contributed by atoms with Crippen LogP contribution in [-0.2, 0) is 14.8 Å². The lowest BCUT2D eigenvalue weighted by Crippen LogP contribution is -2.39. The average molecular weight is 626 g/mol. The number of hydrogen-bond acceptors (Lipinski definition) is 6. The van der Waals surface area contributed by atoms with Gasteiger partial charge in [-0.3, -0.25) is 9.10 Å². The van der Waals surface area contributed by atoms with E-state index < -0.39 is 22.5 Å². The number of aryl methyl sites for hydroxylation is 1. The molecule has 0 spiro atoms. The van der Waals surface area contributed by atoms with Crippen LogP contribution in [0, 0.1) is 13.8 Å². The summed E-state index contributed by atoms with van der Waals surface area (Å²) in [6.07, 6.45) is 1.54. The second-order valence-corrected chi connectivity index (χ2v) is 11.6. The molecule has 11 heteroatoms. The first kappa shape index (κ1) is 28.9. The molecule has 0 aliphatic carbocycles. The van der Waals surface area contributed by atoms with Gasteiger partial charge in [0.2, 0.25) is 0 Å². The van der Waals surface area contributed by atoms with Gasteiger partial charge in [-0.2, -0.15) is 5.10 Å². The molecule has 4 rings (SSSR count). The normalized spacial score (nSPS) is 11.4. The molecule has 1 heterocycles. The standard InChI is InChI=1S/C29H29BrN4O5S/c1-20-16-22(21(2)34(20)24-9-7-8-23(30)17-24)18-31-32-29(35)19-33(27-10-5-6-11-28(27)39-4)40(36,37)26-14-12-25(38-3)13-15-26/h5-18H,19H2,1-4H3,(H,32,35)/b31-18-. The molecule has 1 N–H and O–H groups in total. The zero-order chi connectivity index (χ0) is 28.9. The predicted molar refractivity (Wildman–Crippen MR) is 159 cm³/mol. The number of ether oxygens (including phenoxy) is 2. The number of nitrogens with zero attached hydrogens (tertiary/aromatic N) is 3. The summed E-state index contributed by atoms with van der Waals surface area (Å²) in [7, 11) is -1.22. The second kappa shape index (κ2) is 12.4. The van der Waals surface area contributed by atoms with Gasteiger partial charge < -0.3 is 14.0 Å². The lowest BCUT2D eigenvalue weighted by Gasteiger charge is -2.25. The van der Waals surface area contributed by atoms with Crippen molar-refractivity contribution >= 4 is 43.8 Å². The van der Waals surface area contributed by atoms with E-state index in [1.54, 1.807) is 42.6 Å². The Balaban J connectivity index is 1.58. The number of aromatic nitrogens is 1. The average Bonchev–Trinajstić information content (AvgIpc) is 3.23. The molecule has 0 unspecified atom stereocenters. The van der Waals surface area contributed by atoms with Crippen molar-refractivity contribution in [3.63, 3.8) is 0 Å². The number of hydrogen-bond donors (Lipinski definition) is 1. The van der Waals surface area contributed by atoms with E-state index in [4.69, 9.17) is 9.47 Å². The van der Waals surface area contributed by atoms with Crippen molar-refractivity contribution in [2.75, 3.05) is 25.1 Å². The van der Waals surface area contributed by atoms with Gasteiger partial charge in [-0.1, -0.05) is 34.1 Å². The fraction of sp³-hybridized carbons (Fsp3) is 0.172. The van der Waals surface area contributed by atoms with Gasteiger partial charge in [0.15, 0.2) is 0 Å². The third-order valence-corrected chi connectivity index (χ3v) is 8.49. The molecular weight excluding hydrogens is 596 g/mol. The number of halogens is 1. The molecule has 40 heavy (non-hydrogen) atoms. The van der Waals surface area contributed by atoms with E-state index in [0.717, 1.165) is 31.4 Å². The van der Waals surface area contributed by atoms with Gasteiger partial charge in [-0.05, 0) is 74.5 Å². The van der Waals surface area contributed by atoms with Gasteiger partial charge in [-0.25, -0.2) is 13.8 Å². The molecule has 0 aliphatic rings. The number of amides is 1. The van der Waals surface area contributed by atoms with Gasteiger partial charge in [0.1, 0.15) is 18.0 Å². The molecule has 0 bridgehead atoms.